The van der Waals surface area contributed by atoms with Gasteiger partial charge in [0.05, 0.1) is 18.8 Å². The molecular formula is C19H19F5OS. The van der Waals surface area contributed by atoms with E-state index in [4.69, 9.17) is 4.74 Å². The van der Waals surface area contributed by atoms with Crippen molar-refractivity contribution in [3.63, 3.8) is 0 Å². The number of alkyl halides is 4. The second kappa shape index (κ2) is 8.75. The Balaban J connectivity index is 2.16. The van der Waals surface area contributed by atoms with Gasteiger partial charge in [-0.2, -0.15) is 21.4 Å². The highest BCUT2D eigenvalue weighted by molar-refractivity contribution is 7.94. The van der Waals surface area contributed by atoms with E-state index in [1.54, 1.807) is 0 Å². The van der Waals surface area contributed by atoms with Crippen molar-refractivity contribution in [1.29, 1.82) is 0 Å². The average Bonchev–Trinajstić information content (AvgIpc) is 2.65. The predicted molar refractivity (Wildman–Crippen MR) is 92.7 cm³/mol. The summed E-state index contributed by atoms with van der Waals surface area (Å²) in [5, 5.41) is 0. The molecule has 0 N–H and O–H groups in total. The van der Waals surface area contributed by atoms with Gasteiger partial charge in [0.25, 0.3) is 0 Å². The van der Waals surface area contributed by atoms with Crippen molar-refractivity contribution in [3.05, 3.63) is 59.7 Å². The molecule has 2 aromatic rings. The van der Waals surface area contributed by atoms with Crippen LogP contribution < -0.4 is 4.74 Å². The van der Waals surface area contributed by atoms with E-state index in [0.717, 1.165) is 55.7 Å². The lowest BCUT2D eigenvalue weighted by Crippen LogP contribution is -2.35. The van der Waals surface area contributed by atoms with Gasteiger partial charge in [-0.05, 0) is 42.8 Å². The fourth-order valence-electron chi connectivity index (χ4n) is 2.38. The molecule has 0 unspecified atom stereocenters. The van der Waals surface area contributed by atoms with E-state index < -0.39 is 23.0 Å². The van der Waals surface area contributed by atoms with Gasteiger partial charge in [0.1, 0.15) is 5.75 Å². The van der Waals surface area contributed by atoms with Gasteiger partial charge in [-0.3, -0.25) is 0 Å². The Labute approximate surface area is 153 Å². The molecule has 2 rings (SSSR count). The molecule has 0 aliphatic heterocycles. The van der Waals surface area contributed by atoms with Crippen LogP contribution in [0.1, 0.15) is 37.3 Å². The maximum absolute atomic E-state index is 14.4. The second-order valence-electron chi connectivity index (χ2n) is 5.83. The van der Waals surface area contributed by atoms with E-state index in [9.17, 15) is 21.4 Å². The first-order valence-corrected chi connectivity index (χ1v) is 8.92. The molecule has 0 aliphatic rings. The third kappa shape index (κ3) is 4.50. The van der Waals surface area contributed by atoms with Gasteiger partial charge in [0.2, 0.25) is 0 Å². The highest BCUT2D eigenvalue weighted by atomic mass is 32.2. The predicted octanol–water partition coefficient (Wildman–Crippen LogP) is 7.12. The molecule has 0 aliphatic carbocycles. The first-order chi connectivity index (χ1) is 12.3. The Bertz CT molecular complexity index is 686. The van der Waals surface area contributed by atoms with Crippen LogP contribution in [0.25, 0.3) is 0 Å². The van der Waals surface area contributed by atoms with Crippen molar-refractivity contribution in [2.45, 2.75) is 42.9 Å². The number of rotatable bonds is 9. The third-order valence-electron chi connectivity index (χ3n) is 3.93. The average molecular weight is 390 g/mol. The number of hydrogen-bond donors (Lipinski definition) is 0. The van der Waals surface area contributed by atoms with Crippen LogP contribution in [0.15, 0.2) is 53.4 Å². The minimum Gasteiger partial charge on any atom is -0.494 e. The van der Waals surface area contributed by atoms with E-state index in [-0.39, 0.29) is 17.0 Å². The van der Waals surface area contributed by atoms with Crippen molar-refractivity contribution in [3.8, 4) is 5.75 Å². The SMILES string of the molecule is CCCCCOc1ccc(C(F)(F)C(F)(F)c2ccc(SF)cc2)cc1. The van der Waals surface area contributed by atoms with Crippen molar-refractivity contribution >= 4 is 12.1 Å². The highest BCUT2D eigenvalue weighted by Gasteiger charge is 2.58. The Morgan fingerprint density at radius 1 is 0.808 bits per heavy atom. The molecule has 1 nitrogen and oxygen atoms in total. The molecule has 0 radical (unpaired) electrons. The first-order valence-electron chi connectivity index (χ1n) is 8.21. The molecule has 0 spiro atoms. The van der Waals surface area contributed by atoms with Gasteiger partial charge in [0, 0.05) is 16.0 Å². The highest BCUT2D eigenvalue weighted by Crippen LogP contribution is 2.49. The molecule has 0 saturated carbocycles. The lowest BCUT2D eigenvalue weighted by molar-refractivity contribution is -0.223. The van der Waals surface area contributed by atoms with Crippen LogP contribution in [-0.2, 0) is 11.8 Å². The first kappa shape index (κ1) is 20.6. The molecule has 0 heterocycles. The van der Waals surface area contributed by atoms with Crippen LogP contribution in [-0.4, -0.2) is 6.61 Å². The summed E-state index contributed by atoms with van der Waals surface area (Å²) in [6.07, 6.45) is 2.84. The van der Waals surface area contributed by atoms with Gasteiger partial charge < -0.3 is 4.74 Å². The van der Waals surface area contributed by atoms with Crippen LogP contribution in [0.2, 0.25) is 0 Å². The van der Waals surface area contributed by atoms with E-state index in [1.807, 2.05) is 6.92 Å². The zero-order valence-corrected chi connectivity index (χ0v) is 15.0. The summed E-state index contributed by atoms with van der Waals surface area (Å²) in [4.78, 5) is 0.0671. The fraction of sp³-hybridized carbons (Fsp3) is 0.368. The van der Waals surface area contributed by atoms with Gasteiger partial charge in [-0.1, -0.05) is 31.9 Å². The molecule has 7 heteroatoms. The molecule has 0 bridgehead atoms. The summed E-state index contributed by atoms with van der Waals surface area (Å²) in [6.45, 7) is 2.49. The number of halogens is 5. The van der Waals surface area contributed by atoms with Gasteiger partial charge in [-0.25, -0.2) is 0 Å². The van der Waals surface area contributed by atoms with Crippen LogP contribution in [0.3, 0.4) is 0 Å². The smallest absolute Gasteiger partial charge is 0.339 e. The molecule has 26 heavy (non-hydrogen) atoms. The monoisotopic (exact) mass is 390 g/mol. The number of benzene rings is 2. The number of hydrogen-bond acceptors (Lipinski definition) is 2. The minimum absolute atomic E-state index is 0.0671. The maximum atomic E-state index is 14.4. The maximum Gasteiger partial charge on any atom is 0.339 e. The second-order valence-corrected chi connectivity index (χ2v) is 6.46. The van der Waals surface area contributed by atoms with Crippen LogP contribution >= 0.6 is 12.1 Å². The molecule has 0 fully saturated rings. The van der Waals surface area contributed by atoms with Gasteiger partial charge in [-0.15, -0.1) is 0 Å². The van der Waals surface area contributed by atoms with Gasteiger partial charge in [0.15, 0.2) is 0 Å². The fourth-order valence-corrected chi connectivity index (χ4v) is 2.62. The van der Waals surface area contributed by atoms with E-state index in [1.165, 1.54) is 12.1 Å². The van der Waals surface area contributed by atoms with E-state index in [0.29, 0.717) is 12.4 Å². The molecule has 0 atom stereocenters. The van der Waals surface area contributed by atoms with Crippen molar-refractivity contribution in [2.24, 2.45) is 0 Å². The molecular weight excluding hydrogens is 371 g/mol. The summed E-state index contributed by atoms with van der Waals surface area (Å²) in [6, 6.07) is 8.09. The Hall–Kier alpha value is -1.76. The van der Waals surface area contributed by atoms with Crippen molar-refractivity contribution < 1.29 is 26.2 Å². The van der Waals surface area contributed by atoms with Crippen molar-refractivity contribution in [1.82, 2.24) is 0 Å². The van der Waals surface area contributed by atoms with E-state index >= 15 is 0 Å². The summed E-state index contributed by atoms with van der Waals surface area (Å²) in [5.74, 6) is -8.50. The summed E-state index contributed by atoms with van der Waals surface area (Å²) in [5.41, 5.74) is -1.69. The lowest BCUT2D eigenvalue weighted by atomic mass is 9.96. The zero-order chi connectivity index (χ0) is 19.2. The standard InChI is InChI=1S/C19H19F5OS/c1-2-3-4-13-25-16-9-5-14(6-10-16)18(20,21)19(22,23)15-7-11-17(26-24)12-8-15/h5-12H,2-4,13H2,1H3. The topological polar surface area (TPSA) is 9.23 Å². The largest absolute Gasteiger partial charge is 0.494 e. The molecule has 142 valence electrons. The summed E-state index contributed by atoms with van der Waals surface area (Å²) in [7, 11) is 0. The summed E-state index contributed by atoms with van der Waals surface area (Å²) >= 11 is -0.143. The quantitative estimate of drug-likeness (QED) is 0.333. The Kier molecular flexibility index (Phi) is 6.92. The minimum atomic E-state index is -4.43. The number of ether oxygens (including phenoxy) is 1. The van der Waals surface area contributed by atoms with Crippen LogP contribution in [0.4, 0.5) is 21.4 Å². The lowest BCUT2D eigenvalue weighted by Gasteiger charge is -2.27. The van der Waals surface area contributed by atoms with Crippen LogP contribution in [0.5, 0.6) is 5.75 Å². The Morgan fingerprint density at radius 2 is 1.31 bits per heavy atom. The third-order valence-corrected chi connectivity index (χ3v) is 4.38. The van der Waals surface area contributed by atoms with E-state index in [2.05, 4.69) is 0 Å². The molecule has 0 aromatic heterocycles. The normalized spacial score (nSPS) is 12.2. The van der Waals surface area contributed by atoms with Crippen LogP contribution in [0, 0.1) is 0 Å². The molecule has 2 aromatic carbocycles. The molecule has 0 saturated heterocycles. The van der Waals surface area contributed by atoms with Crippen molar-refractivity contribution in [2.75, 3.05) is 6.61 Å². The Morgan fingerprint density at radius 3 is 1.77 bits per heavy atom. The summed E-state index contributed by atoms with van der Waals surface area (Å²) < 4.78 is 75.3. The van der Waals surface area contributed by atoms with Gasteiger partial charge >= 0.3 is 11.8 Å². The number of unbranched alkanes of at least 4 members (excludes halogenated alkanes) is 2. The molecule has 0 amide bonds. The zero-order valence-electron chi connectivity index (χ0n) is 14.2.